The van der Waals surface area contributed by atoms with E-state index in [1.165, 1.54) is 0 Å². The third-order valence-electron chi connectivity index (χ3n) is 0.508. The molecular weight excluding hydrogens is 117 g/mol. The Morgan fingerprint density at radius 1 is 1.86 bits per heavy atom. The standard InChI is InChI=1S/C2H8NO3P/c3-1-2(4)7(5)6/h2,4,7H,1,3H2,(H,5,6). The van der Waals surface area contributed by atoms with Gasteiger partial charge in [-0.25, -0.2) is 0 Å². The van der Waals surface area contributed by atoms with Gasteiger partial charge in [0.15, 0.2) is 0 Å². The number of aliphatic hydroxyl groups is 1. The average Bonchev–Trinajstić information content (AvgIpc) is 1.65. The number of hydrogen-bond acceptors (Lipinski definition) is 3. The van der Waals surface area contributed by atoms with Crippen molar-refractivity contribution in [1.82, 2.24) is 0 Å². The van der Waals surface area contributed by atoms with Crippen LogP contribution in [-0.4, -0.2) is 22.4 Å². The molecule has 0 bridgehead atoms. The summed E-state index contributed by atoms with van der Waals surface area (Å²) in [6.07, 6.45) is 0. The molecule has 0 radical (unpaired) electrons. The van der Waals surface area contributed by atoms with Gasteiger partial charge >= 0.3 is 0 Å². The summed E-state index contributed by atoms with van der Waals surface area (Å²) >= 11 is 0. The fourth-order valence-corrected chi connectivity index (χ4v) is 0.302. The predicted octanol–water partition coefficient (Wildman–Crippen LogP) is -1.27. The second-order valence-corrected chi connectivity index (χ2v) is 2.43. The maximum absolute atomic E-state index is 9.79. The van der Waals surface area contributed by atoms with Gasteiger partial charge in [0, 0.05) is 6.54 Å². The van der Waals surface area contributed by atoms with E-state index in [4.69, 9.17) is 15.7 Å². The van der Waals surface area contributed by atoms with Crippen LogP contribution >= 0.6 is 8.03 Å². The minimum absolute atomic E-state index is 0.145. The molecule has 2 unspecified atom stereocenters. The van der Waals surface area contributed by atoms with Crippen LogP contribution in [0.1, 0.15) is 0 Å². The Kier molecular flexibility index (Phi) is 3.21. The minimum atomic E-state index is -2.78. The van der Waals surface area contributed by atoms with E-state index in [9.17, 15) is 4.57 Å². The van der Waals surface area contributed by atoms with Crippen molar-refractivity contribution in [2.45, 2.75) is 5.85 Å². The van der Waals surface area contributed by atoms with Crippen LogP contribution in [-0.2, 0) is 4.57 Å². The lowest BCUT2D eigenvalue weighted by molar-refractivity contribution is 0.245. The number of nitrogens with two attached hydrogens (primary N) is 1. The molecule has 0 heterocycles. The lowest BCUT2D eigenvalue weighted by atomic mass is 10.7. The molecule has 0 fully saturated rings. The Bertz CT molecular complexity index is 75.3. The minimum Gasteiger partial charge on any atom is -0.382 e. The molecule has 0 aliphatic carbocycles. The van der Waals surface area contributed by atoms with Gasteiger partial charge < -0.3 is 15.7 Å². The second kappa shape index (κ2) is 3.16. The fourth-order valence-electron chi connectivity index (χ4n) is 0.101. The molecule has 0 aromatic heterocycles. The highest BCUT2D eigenvalue weighted by molar-refractivity contribution is 7.38. The first-order chi connectivity index (χ1) is 3.18. The molecule has 4 nitrogen and oxygen atoms in total. The number of hydrogen-bond donors (Lipinski definition) is 3. The molecule has 0 aliphatic heterocycles. The maximum atomic E-state index is 9.79. The first-order valence-electron chi connectivity index (χ1n) is 1.79. The number of aliphatic hydroxyl groups excluding tert-OH is 1. The Labute approximate surface area is 41.8 Å². The van der Waals surface area contributed by atoms with Crippen molar-refractivity contribution in [2.24, 2.45) is 5.73 Å². The third-order valence-corrected chi connectivity index (χ3v) is 1.31. The average molecular weight is 125 g/mol. The lowest BCUT2D eigenvalue weighted by Gasteiger charge is -1.98. The van der Waals surface area contributed by atoms with Crippen molar-refractivity contribution >= 4 is 8.03 Å². The summed E-state index contributed by atoms with van der Waals surface area (Å²) in [6, 6.07) is 0. The lowest BCUT2D eigenvalue weighted by Crippen LogP contribution is -2.14. The van der Waals surface area contributed by atoms with Gasteiger partial charge in [0.25, 0.3) is 0 Å². The van der Waals surface area contributed by atoms with E-state index in [-0.39, 0.29) is 6.54 Å². The zero-order chi connectivity index (χ0) is 5.86. The Morgan fingerprint density at radius 2 is 2.29 bits per heavy atom. The van der Waals surface area contributed by atoms with Crippen molar-refractivity contribution < 1.29 is 14.6 Å². The molecule has 4 N–H and O–H groups in total. The summed E-state index contributed by atoms with van der Waals surface area (Å²) in [4.78, 5) is 8.04. The molecule has 7 heavy (non-hydrogen) atoms. The smallest absolute Gasteiger partial charge is 0.218 e. The van der Waals surface area contributed by atoms with Gasteiger partial charge in [-0.15, -0.1) is 0 Å². The molecule has 5 heteroatoms. The van der Waals surface area contributed by atoms with E-state index in [1.807, 2.05) is 0 Å². The summed E-state index contributed by atoms with van der Waals surface area (Å²) in [5.74, 6) is -1.22. The van der Waals surface area contributed by atoms with Crippen LogP contribution < -0.4 is 5.73 Å². The van der Waals surface area contributed by atoms with E-state index >= 15 is 0 Å². The SMILES string of the molecule is NCC(O)[PH](=O)O. The molecule has 2 atom stereocenters. The van der Waals surface area contributed by atoms with Crippen LogP contribution in [0, 0.1) is 0 Å². The monoisotopic (exact) mass is 125 g/mol. The van der Waals surface area contributed by atoms with Crippen molar-refractivity contribution in [3.8, 4) is 0 Å². The first kappa shape index (κ1) is 7.11. The summed E-state index contributed by atoms with van der Waals surface area (Å²) in [5, 5.41) is 8.29. The molecule has 0 spiro atoms. The second-order valence-electron chi connectivity index (χ2n) is 1.09. The van der Waals surface area contributed by atoms with Crippen molar-refractivity contribution in [2.75, 3.05) is 6.54 Å². The third kappa shape index (κ3) is 2.76. The largest absolute Gasteiger partial charge is 0.382 e. The molecule has 0 aliphatic rings. The van der Waals surface area contributed by atoms with Gasteiger partial charge in [0.1, 0.15) is 5.85 Å². The summed E-state index contributed by atoms with van der Waals surface area (Å²) in [6.45, 7) is -0.145. The molecular formula is C2H8NO3P. The molecule has 0 aromatic rings. The van der Waals surface area contributed by atoms with Gasteiger partial charge in [-0.2, -0.15) is 0 Å². The first-order valence-corrected chi connectivity index (χ1v) is 3.22. The van der Waals surface area contributed by atoms with E-state index in [2.05, 4.69) is 0 Å². The molecule has 0 saturated heterocycles. The molecule has 0 rings (SSSR count). The molecule has 0 amide bonds. The van der Waals surface area contributed by atoms with Crippen LogP contribution in [0.15, 0.2) is 0 Å². The Hall–Kier alpha value is 0.110. The zero-order valence-electron chi connectivity index (χ0n) is 3.66. The topological polar surface area (TPSA) is 83.5 Å². The Balaban J connectivity index is 3.34. The van der Waals surface area contributed by atoms with E-state index in [0.717, 1.165) is 0 Å². The summed E-state index contributed by atoms with van der Waals surface area (Å²) in [7, 11) is -2.78. The van der Waals surface area contributed by atoms with E-state index in [0.29, 0.717) is 0 Å². The van der Waals surface area contributed by atoms with Gasteiger partial charge in [0.2, 0.25) is 8.03 Å². The van der Waals surface area contributed by atoms with Gasteiger partial charge in [-0.05, 0) is 0 Å². The summed E-state index contributed by atoms with van der Waals surface area (Å²) < 4.78 is 9.79. The maximum Gasteiger partial charge on any atom is 0.218 e. The van der Waals surface area contributed by atoms with Crippen molar-refractivity contribution in [1.29, 1.82) is 0 Å². The highest BCUT2D eigenvalue weighted by Crippen LogP contribution is 2.17. The normalized spacial score (nSPS) is 18.7. The predicted molar refractivity (Wildman–Crippen MR) is 26.3 cm³/mol. The summed E-state index contributed by atoms with van der Waals surface area (Å²) in [5.41, 5.74) is 4.79. The van der Waals surface area contributed by atoms with Gasteiger partial charge in [-0.3, -0.25) is 4.57 Å². The fraction of sp³-hybridized carbons (Fsp3) is 1.00. The van der Waals surface area contributed by atoms with Crippen LogP contribution in [0.5, 0.6) is 0 Å². The molecule has 0 aromatic carbocycles. The highest BCUT2D eigenvalue weighted by Gasteiger charge is 2.04. The molecule has 0 saturated carbocycles. The highest BCUT2D eigenvalue weighted by atomic mass is 31.1. The zero-order valence-corrected chi connectivity index (χ0v) is 4.66. The van der Waals surface area contributed by atoms with Crippen LogP contribution in [0.2, 0.25) is 0 Å². The molecule has 44 valence electrons. The van der Waals surface area contributed by atoms with Crippen molar-refractivity contribution in [3.63, 3.8) is 0 Å². The van der Waals surface area contributed by atoms with Crippen LogP contribution in [0.4, 0.5) is 0 Å². The van der Waals surface area contributed by atoms with Crippen LogP contribution in [0.25, 0.3) is 0 Å². The van der Waals surface area contributed by atoms with Gasteiger partial charge in [-0.1, -0.05) is 0 Å². The van der Waals surface area contributed by atoms with Gasteiger partial charge in [0.05, 0.1) is 0 Å². The number of rotatable bonds is 2. The quantitative estimate of drug-likeness (QED) is 0.402. The van der Waals surface area contributed by atoms with E-state index in [1.54, 1.807) is 0 Å². The van der Waals surface area contributed by atoms with E-state index < -0.39 is 13.9 Å². The van der Waals surface area contributed by atoms with Crippen molar-refractivity contribution in [3.05, 3.63) is 0 Å². The van der Waals surface area contributed by atoms with Crippen LogP contribution in [0.3, 0.4) is 0 Å². The Morgan fingerprint density at radius 3 is 2.29 bits per heavy atom.